The minimum absolute atomic E-state index is 0.0256. The number of nitrogens with zero attached hydrogens (tertiary/aromatic N) is 3. The van der Waals surface area contributed by atoms with Gasteiger partial charge in [0.25, 0.3) is 11.4 Å². The molecule has 1 heterocycles. The summed E-state index contributed by atoms with van der Waals surface area (Å²) in [5.41, 5.74) is 0.796. The van der Waals surface area contributed by atoms with Gasteiger partial charge in [-0.15, -0.1) is 0 Å². The second-order valence-corrected chi connectivity index (χ2v) is 6.17. The van der Waals surface area contributed by atoms with Crippen molar-refractivity contribution >= 4 is 17.2 Å². The Balaban J connectivity index is 1.88. The van der Waals surface area contributed by atoms with Crippen molar-refractivity contribution in [3.8, 4) is 0 Å². The quantitative estimate of drug-likeness (QED) is 0.412. The van der Waals surface area contributed by atoms with Crippen LogP contribution < -0.4 is 0 Å². The Bertz CT molecular complexity index is 1060. The Morgan fingerprint density at radius 2 is 1.46 bits per heavy atom. The summed E-state index contributed by atoms with van der Waals surface area (Å²) >= 11 is 0. The second-order valence-electron chi connectivity index (χ2n) is 6.17. The van der Waals surface area contributed by atoms with Gasteiger partial charge in [-0.2, -0.15) is 4.89 Å². The van der Waals surface area contributed by atoms with E-state index in [9.17, 15) is 15.4 Å². The van der Waals surface area contributed by atoms with Crippen LogP contribution in [0.25, 0.3) is 0 Å². The number of benzene rings is 3. The highest BCUT2D eigenvalue weighted by Gasteiger charge is 2.45. The minimum Gasteiger partial charge on any atom is -0.258 e. The van der Waals surface area contributed by atoms with E-state index in [0.717, 1.165) is 5.56 Å². The number of hydrogen-bond donors (Lipinski definition) is 1. The van der Waals surface area contributed by atoms with Crippen molar-refractivity contribution < 1.29 is 15.1 Å². The van der Waals surface area contributed by atoms with Crippen molar-refractivity contribution in [2.24, 2.45) is 9.98 Å². The number of nitro benzene ring substituents is 1. The Hall–Kier alpha value is -3.68. The van der Waals surface area contributed by atoms with Crippen LogP contribution in [0.2, 0.25) is 0 Å². The molecular weight excluding hydrogens is 358 g/mol. The molecule has 0 bridgehead atoms. The molecule has 0 aromatic heterocycles. The van der Waals surface area contributed by atoms with Gasteiger partial charge in [-0.3, -0.25) is 10.1 Å². The number of nitro groups is 1. The lowest BCUT2D eigenvalue weighted by molar-refractivity contribution is -0.384. The molecule has 1 aliphatic heterocycles. The molecule has 3 aromatic carbocycles. The summed E-state index contributed by atoms with van der Waals surface area (Å²) in [6, 6.07) is 24.3. The lowest BCUT2D eigenvalue weighted by atomic mass is 9.93. The monoisotopic (exact) mass is 373 g/mol. The Kier molecular flexibility index (Phi) is 4.52. The maximum atomic E-state index is 10.9. The Morgan fingerprint density at radius 1 is 0.857 bits per heavy atom. The lowest BCUT2D eigenvalue weighted by Gasteiger charge is -2.24. The van der Waals surface area contributed by atoms with Crippen LogP contribution in [0.1, 0.15) is 16.7 Å². The fourth-order valence-electron chi connectivity index (χ4n) is 3.11. The summed E-state index contributed by atoms with van der Waals surface area (Å²) in [4.78, 5) is 24.6. The molecule has 3 aromatic rings. The number of hydrogen-bond acceptors (Lipinski definition) is 6. The second kappa shape index (κ2) is 7.15. The van der Waals surface area contributed by atoms with Crippen LogP contribution in [-0.4, -0.2) is 21.7 Å². The van der Waals surface area contributed by atoms with Crippen LogP contribution in [0, 0.1) is 10.1 Å². The third-order valence-corrected chi connectivity index (χ3v) is 4.48. The molecule has 0 aliphatic carbocycles. The molecular formula is C21H15N3O4. The van der Waals surface area contributed by atoms with Gasteiger partial charge in [0.05, 0.1) is 4.92 Å². The molecule has 4 rings (SSSR count). The van der Waals surface area contributed by atoms with E-state index in [0.29, 0.717) is 22.7 Å². The zero-order chi connectivity index (χ0) is 19.6. The average Bonchev–Trinajstić information content (AvgIpc) is 3.16. The van der Waals surface area contributed by atoms with Gasteiger partial charge >= 0.3 is 0 Å². The number of aliphatic imine (C=N–C) groups is 2. The maximum Gasteiger partial charge on any atom is 0.269 e. The van der Waals surface area contributed by atoms with E-state index in [2.05, 4.69) is 9.98 Å². The summed E-state index contributed by atoms with van der Waals surface area (Å²) in [7, 11) is 0. The first-order chi connectivity index (χ1) is 13.6. The van der Waals surface area contributed by atoms with Gasteiger partial charge < -0.3 is 0 Å². The lowest BCUT2D eigenvalue weighted by Crippen LogP contribution is -2.34. The van der Waals surface area contributed by atoms with E-state index in [1.54, 1.807) is 24.3 Å². The molecule has 1 aliphatic rings. The molecule has 138 valence electrons. The van der Waals surface area contributed by atoms with Gasteiger partial charge in [0, 0.05) is 28.8 Å². The van der Waals surface area contributed by atoms with Crippen LogP contribution in [-0.2, 0) is 10.6 Å². The molecule has 7 nitrogen and oxygen atoms in total. The standard InChI is InChI=1S/C21H15N3O4/c25-24(26)18-13-11-16(12-14-18)20-22-19(15-7-3-1-4-8-15)21(23-20,28-27)17-9-5-2-6-10-17/h1-14,27H. The van der Waals surface area contributed by atoms with Crippen LogP contribution in [0.15, 0.2) is 94.9 Å². The summed E-state index contributed by atoms with van der Waals surface area (Å²) < 4.78 is 0. The van der Waals surface area contributed by atoms with E-state index < -0.39 is 10.6 Å². The Morgan fingerprint density at radius 3 is 2.04 bits per heavy atom. The third-order valence-electron chi connectivity index (χ3n) is 4.48. The van der Waals surface area contributed by atoms with Crippen molar-refractivity contribution in [1.29, 1.82) is 0 Å². The first kappa shape index (κ1) is 17.7. The normalized spacial score (nSPS) is 18.5. The zero-order valence-electron chi connectivity index (χ0n) is 14.6. The van der Waals surface area contributed by atoms with E-state index in [4.69, 9.17) is 4.89 Å². The summed E-state index contributed by atoms with van der Waals surface area (Å²) in [5.74, 6) is 0.312. The number of non-ortho nitro benzene ring substituents is 1. The van der Waals surface area contributed by atoms with Crippen LogP contribution in [0.5, 0.6) is 0 Å². The van der Waals surface area contributed by atoms with Gasteiger partial charge in [-0.1, -0.05) is 60.7 Å². The first-order valence-corrected chi connectivity index (χ1v) is 8.51. The first-order valence-electron chi connectivity index (χ1n) is 8.51. The van der Waals surface area contributed by atoms with Crippen LogP contribution in [0.4, 0.5) is 5.69 Å². The summed E-state index contributed by atoms with van der Waals surface area (Å²) in [6.45, 7) is 0. The molecule has 1 N–H and O–H groups in total. The molecule has 0 amide bonds. The van der Waals surface area contributed by atoms with Crippen molar-refractivity contribution in [3.05, 3.63) is 112 Å². The molecule has 28 heavy (non-hydrogen) atoms. The average molecular weight is 373 g/mol. The number of rotatable bonds is 5. The highest BCUT2D eigenvalue weighted by Crippen LogP contribution is 2.36. The SMILES string of the molecule is O=[N+]([O-])c1ccc(C2=NC(OO)(c3ccccc3)C(c3ccccc3)=N2)cc1. The molecule has 0 spiro atoms. The van der Waals surface area contributed by atoms with Gasteiger partial charge in [0.2, 0.25) is 0 Å². The molecule has 0 saturated heterocycles. The minimum atomic E-state index is -1.53. The van der Waals surface area contributed by atoms with E-state index in [-0.39, 0.29) is 5.69 Å². The molecule has 0 saturated carbocycles. The predicted molar refractivity (Wildman–Crippen MR) is 104 cm³/mol. The van der Waals surface area contributed by atoms with E-state index >= 15 is 0 Å². The topological polar surface area (TPSA) is 97.3 Å². The van der Waals surface area contributed by atoms with Crippen molar-refractivity contribution in [1.82, 2.24) is 0 Å². The van der Waals surface area contributed by atoms with Crippen molar-refractivity contribution in [2.75, 3.05) is 0 Å². The number of amidine groups is 1. The van der Waals surface area contributed by atoms with Gasteiger partial charge in [-0.05, 0) is 12.1 Å². The molecule has 0 fully saturated rings. The predicted octanol–water partition coefficient (Wildman–Crippen LogP) is 4.19. The highest BCUT2D eigenvalue weighted by atomic mass is 17.1. The molecule has 1 unspecified atom stereocenters. The van der Waals surface area contributed by atoms with Gasteiger partial charge in [0.1, 0.15) is 5.71 Å². The smallest absolute Gasteiger partial charge is 0.258 e. The maximum absolute atomic E-state index is 10.9. The highest BCUT2D eigenvalue weighted by molar-refractivity contribution is 6.20. The fraction of sp³-hybridized carbons (Fsp3) is 0.0476. The largest absolute Gasteiger partial charge is 0.269 e. The van der Waals surface area contributed by atoms with E-state index in [1.807, 2.05) is 48.5 Å². The summed E-state index contributed by atoms with van der Waals surface area (Å²) in [6.07, 6.45) is 0. The van der Waals surface area contributed by atoms with E-state index in [1.165, 1.54) is 12.1 Å². The third kappa shape index (κ3) is 2.98. The molecule has 1 atom stereocenters. The van der Waals surface area contributed by atoms with Gasteiger partial charge in [-0.25, -0.2) is 15.2 Å². The van der Waals surface area contributed by atoms with Crippen LogP contribution >= 0.6 is 0 Å². The van der Waals surface area contributed by atoms with Crippen molar-refractivity contribution in [2.45, 2.75) is 5.72 Å². The molecule has 0 radical (unpaired) electrons. The Labute approximate surface area is 160 Å². The van der Waals surface area contributed by atoms with Gasteiger partial charge in [0.15, 0.2) is 5.84 Å². The van der Waals surface area contributed by atoms with Crippen molar-refractivity contribution in [3.63, 3.8) is 0 Å². The fourth-order valence-corrected chi connectivity index (χ4v) is 3.11. The van der Waals surface area contributed by atoms with Crippen LogP contribution in [0.3, 0.4) is 0 Å². The zero-order valence-corrected chi connectivity index (χ0v) is 14.6. The summed E-state index contributed by atoms with van der Waals surface area (Å²) in [5, 5.41) is 20.8. The molecule has 7 heteroatoms.